The molecule has 116 valence electrons. The zero-order valence-electron chi connectivity index (χ0n) is 12.7. The Hall–Kier alpha value is -1.95. The van der Waals surface area contributed by atoms with Gasteiger partial charge in [-0.1, -0.05) is 18.2 Å². The highest BCUT2D eigenvalue weighted by Crippen LogP contribution is 2.04. The molecule has 0 bridgehead atoms. The zero-order chi connectivity index (χ0) is 15.8. The summed E-state index contributed by atoms with van der Waals surface area (Å²) in [6, 6.07) is 6.39. The number of nitrogens with one attached hydrogen (secondary N) is 3. The van der Waals surface area contributed by atoms with Crippen LogP contribution in [-0.4, -0.2) is 38.0 Å². The zero-order valence-corrected chi connectivity index (χ0v) is 12.7. The molecule has 5 nitrogen and oxygen atoms in total. The maximum Gasteiger partial charge on any atom is 0.275 e. The Labute approximate surface area is 124 Å². The number of quaternary nitrogens is 1. The van der Waals surface area contributed by atoms with E-state index in [4.69, 9.17) is 0 Å². The minimum absolute atomic E-state index is 0.0835. The summed E-state index contributed by atoms with van der Waals surface area (Å²) in [6.07, 6.45) is 0. The molecule has 1 rings (SSSR count). The predicted octanol–water partition coefficient (Wildman–Crippen LogP) is -0.519. The Balaban J connectivity index is 2.33. The highest BCUT2D eigenvalue weighted by molar-refractivity contribution is 5.79. The Morgan fingerprint density at radius 3 is 2.43 bits per heavy atom. The van der Waals surface area contributed by atoms with E-state index in [9.17, 15) is 14.0 Å². The lowest BCUT2D eigenvalue weighted by atomic mass is 10.2. The number of hydrogen-bond acceptors (Lipinski definition) is 2. The van der Waals surface area contributed by atoms with E-state index in [0.717, 1.165) is 4.90 Å². The van der Waals surface area contributed by atoms with Gasteiger partial charge in [0.1, 0.15) is 5.82 Å². The molecule has 1 aromatic rings. The first-order valence-electron chi connectivity index (χ1n) is 6.99. The smallest absolute Gasteiger partial charge is 0.275 e. The molecule has 0 radical (unpaired) electrons. The third-order valence-electron chi connectivity index (χ3n) is 2.81. The number of rotatable bonds is 7. The number of benzene rings is 1. The SMILES string of the molecule is CC(C)NC(=O)C[NH+](C)CC(=O)NCc1ccccc1F. The summed E-state index contributed by atoms with van der Waals surface area (Å²) in [5.41, 5.74) is 0.445. The van der Waals surface area contributed by atoms with E-state index >= 15 is 0 Å². The highest BCUT2D eigenvalue weighted by Gasteiger charge is 2.14. The number of hydrogen-bond donors (Lipinski definition) is 3. The summed E-state index contributed by atoms with van der Waals surface area (Å²) < 4.78 is 13.4. The van der Waals surface area contributed by atoms with Gasteiger partial charge < -0.3 is 15.5 Å². The minimum atomic E-state index is -0.338. The summed E-state index contributed by atoms with van der Waals surface area (Å²) in [6.45, 7) is 4.31. The summed E-state index contributed by atoms with van der Waals surface area (Å²) in [4.78, 5) is 24.1. The van der Waals surface area contributed by atoms with Gasteiger partial charge in [-0.2, -0.15) is 0 Å². The number of amides is 2. The topological polar surface area (TPSA) is 62.6 Å². The van der Waals surface area contributed by atoms with Gasteiger partial charge in [-0.25, -0.2) is 4.39 Å². The summed E-state index contributed by atoms with van der Waals surface area (Å²) in [7, 11) is 1.77. The quantitative estimate of drug-likeness (QED) is 0.634. The standard InChI is InChI=1S/C15H22FN3O2/c1-11(2)18-15(21)10-19(3)9-14(20)17-8-12-6-4-5-7-13(12)16/h4-7,11H,8-10H2,1-3H3,(H,17,20)(H,18,21)/p+1. The van der Waals surface area contributed by atoms with E-state index < -0.39 is 0 Å². The van der Waals surface area contributed by atoms with E-state index in [1.165, 1.54) is 6.07 Å². The van der Waals surface area contributed by atoms with Crippen molar-refractivity contribution in [2.45, 2.75) is 26.4 Å². The van der Waals surface area contributed by atoms with Gasteiger partial charge in [0.15, 0.2) is 13.1 Å². The largest absolute Gasteiger partial charge is 0.349 e. The van der Waals surface area contributed by atoms with Crippen molar-refractivity contribution in [1.29, 1.82) is 0 Å². The molecule has 0 aliphatic heterocycles. The Kier molecular flexibility index (Phi) is 6.81. The van der Waals surface area contributed by atoms with E-state index in [2.05, 4.69) is 10.6 Å². The lowest BCUT2D eigenvalue weighted by Crippen LogP contribution is -3.11. The van der Waals surface area contributed by atoms with Crippen molar-refractivity contribution in [2.24, 2.45) is 0 Å². The van der Waals surface area contributed by atoms with Gasteiger partial charge in [0.05, 0.1) is 7.05 Å². The maximum absolute atomic E-state index is 13.4. The van der Waals surface area contributed by atoms with Crippen LogP contribution in [-0.2, 0) is 16.1 Å². The molecule has 1 atom stereocenters. The van der Waals surface area contributed by atoms with Gasteiger partial charge in [-0.15, -0.1) is 0 Å². The first-order valence-corrected chi connectivity index (χ1v) is 6.99. The van der Waals surface area contributed by atoms with Gasteiger partial charge in [0, 0.05) is 18.2 Å². The molecule has 2 amide bonds. The fraction of sp³-hybridized carbons (Fsp3) is 0.467. The fourth-order valence-electron chi connectivity index (χ4n) is 1.88. The van der Waals surface area contributed by atoms with Crippen LogP contribution in [0, 0.1) is 5.82 Å². The molecule has 0 heterocycles. The normalized spacial score (nSPS) is 12.0. The molecule has 3 N–H and O–H groups in total. The molecular formula is C15H23FN3O2+. The monoisotopic (exact) mass is 296 g/mol. The van der Waals surface area contributed by atoms with Crippen LogP contribution >= 0.6 is 0 Å². The Bertz CT molecular complexity index is 492. The molecule has 21 heavy (non-hydrogen) atoms. The lowest BCUT2D eigenvalue weighted by Gasteiger charge is -2.15. The molecule has 0 saturated carbocycles. The van der Waals surface area contributed by atoms with Gasteiger partial charge in [-0.05, 0) is 19.9 Å². The third kappa shape index (κ3) is 6.85. The van der Waals surface area contributed by atoms with Crippen LogP contribution < -0.4 is 15.5 Å². The average Bonchev–Trinajstić information content (AvgIpc) is 2.36. The molecule has 0 saturated heterocycles. The first-order chi connectivity index (χ1) is 9.88. The molecular weight excluding hydrogens is 273 g/mol. The minimum Gasteiger partial charge on any atom is -0.349 e. The summed E-state index contributed by atoms with van der Waals surface area (Å²) in [5.74, 6) is -0.646. The van der Waals surface area contributed by atoms with Crippen LogP contribution in [0.15, 0.2) is 24.3 Å². The van der Waals surface area contributed by atoms with Crippen molar-refractivity contribution >= 4 is 11.8 Å². The molecule has 0 aromatic heterocycles. The van der Waals surface area contributed by atoms with Gasteiger partial charge in [-0.3, -0.25) is 9.59 Å². The average molecular weight is 296 g/mol. The van der Waals surface area contributed by atoms with E-state index in [1.54, 1.807) is 25.2 Å². The van der Waals surface area contributed by atoms with Crippen molar-refractivity contribution < 1.29 is 18.9 Å². The van der Waals surface area contributed by atoms with E-state index in [1.807, 2.05) is 13.8 Å². The predicted molar refractivity (Wildman–Crippen MR) is 78.1 cm³/mol. The molecule has 0 spiro atoms. The fourth-order valence-corrected chi connectivity index (χ4v) is 1.88. The molecule has 1 unspecified atom stereocenters. The third-order valence-corrected chi connectivity index (χ3v) is 2.81. The maximum atomic E-state index is 13.4. The van der Waals surface area contributed by atoms with E-state index in [0.29, 0.717) is 5.56 Å². The number of carbonyl (C=O) groups excluding carboxylic acids is 2. The number of halogens is 1. The first kappa shape index (κ1) is 17.1. The van der Waals surface area contributed by atoms with Gasteiger partial charge >= 0.3 is 0 Å². The van der Waals surface area contributed by atoms with Crippen molar-refractivity contribution in [3.8, 4) is 0 Å². The van der Waals surface area contributed by atoms with Crippen molar-refractivity contribution in [1.82, 2.24) is 10.6 Å². The molecule has 0 aliphatic carbocycles. The second-order valence-electron chi connectivity index (χ2n) is 5.40. The molecule has 0 fully saturated rings. The van der Waals surface area contributed by atoms with Gasteiger partial charge in [0.25, 0.3) is 11.8 Å². The summed E-state index contributed by atoms with van der Waals surface area (Å²) in [5, 5.41) is 5.42. The van der Waals surface area contributed by atoms with Crippen LogP contribution in [0.5, 0.6) is 0 Å². The highest BCUT2D eigenvalue weighted by atomic mass is 19.1. The van der Waals surface area contributed by atoms with Crippen molar-refractivity contribution in [3.05, 3.63) is 35.6 Å². The second kappa shape index (κ2) is 8.36. The van der Waals surface area contributed by atoms with Crippen LogP contribution in [0.1, 0.15) is 19.4 Å². The second-order valence-corrected chi connectivity index (χ2v) is 5.40. The van der Waals surface area contributed by atoms with E-state index in [-0.39, 0.29) is 43.3 Å². The molecule has 6 heteroatoms. The van der Waals surface area contributed by atoms with Crippen molar-refractivity contribution in [2.75, 3.05) is 20.1 Å². The Morgan fingerprint density at radius 2 is 1.81 bits per heavy atom. The molecule has 0 aliphatic rings. The van der Waals surface area contributed by atoms with Crippen molar-refractivity contribution in [3.63, 3.8) is 0 Å². The van der Waals surface area contributed by atoms with Crippen LogP contribution in [0.2, 0.25) is 0 Å². The van der Waals surface area contributed by atoms with Crippen LogP contribution in [0.4, 0.5) is 4.39 Å². The molecule has 1 aromatic carbocycles. The number of likely N-dealkylation sites (N-methyl/N-ethyl adjacent to an activating group) is 1. The summed E-state index contributed by atoms with van der Waals surface area (Å²) >= 11 is 0. The van der Waals surface area contributed by atoms with Gasteiger partial charge in [0.2, 0.25) is 0 Å². The van der Waals surface area contributed by atoms with Crippen LogP contribution in [0.3, 0.4) is 0 Å². The van der Waals surface area contributed by atoms with Crippen LogP contribution in [0.25, 0.3) is 0 Å². The Morgan fingerprint density at radius 1 is 1.19 bits per heavy atom. The lowest BCUT2D eigenvalue weighted by molar-refractivity contribution is -0.862. The number of carbonyl (C=O) groups is 2.